The summed E-state index contributed by atoms with van der Waals surface area (Å²) in [6.45, 7) is 0. The molecule has 4 nitrogen and oxygen atoms in total. The lowest BCUT2D eigenvalue weighted by Crippen LogP contribution is -2.59. The van der Waals surface area contributed by atoms with Crippen LogP contribution in [0.2, 0.25) is 0 Å². The Morgan fingerprint density at radius 3 is 2.17 bits per heavy atom. The van der Waals surface area contributed by atoms with Gasteiger partial charge >= 0.3 is 0 Å². The molecule has 4 aliphatic rings. The summed E-state index contributed by atoms with van der Waals surface area (Å²) in [5.74, 6) is 3.70. The van der Waals surface area contributed by atoms with E-state index in [9.17, 15) is 4.79 Å². The van der Waals surface area contributed by atoms with Gasteiger partial charge < -0.3 is 14.8 Å². The van der Waals surface area contributed by atoms with Crippen molar-refractivity contribution in [2.45, 2.75) is 44.1 Å². The summed E-state index contributed by atoms with van der Waals surface area (Å²) < 4.78 is 10.6. The van der Waals surface area contributed by atoms with Gasteiger partial charge in [-0.15, -0.1) is 0 Å². The summed E-state index contributed by atoms with van der Waals surface area (Å²) >= 11 is 0. The molecule has 4 aliphatic carbocycles. The Labute approximate surface area is 137 Å². The molecule has 1 aromatic rings. The first-order valence-electron chi connectivity index (χ1n) is 8.65. The molecule has 1 amide bonds. The largest absolute Gasteiger partial charge is 0.497 e. The van der Waals surface area contributed by atoms with Crippen LogP contribution in [0.5, 0.6) is 11.5 Å². The highest BCUT2D eigenvalue weighted by molar-refractivity contribution is 5.97. The van der Waals surface area contributed by atoms with Crippen molar-refractivity contribution in [3.8, 4) is 11.5 Å². The Balaban J connectivity index is 1.58. The zero-order valence-corrected chi connectivity index (χ0v) is 13.9. The molecule has 0 heterocycles. The Kier molecular flexibility index (Phi) is 3.51. The average Bonchev–Trinajstić information content (AvgIpc) is 2.52. The minimum absolute atomic E-state index is 0.0138. The predicted molar refractivity (Wildman–Crippen MR) is 87.9 cm³/mol. The molecule has 0 unspecified atom stereocenters. The number of methoxy groups -OCH3 is 2. The van der Waals surface area contributed by atoms with E-state index in [1.54, 1.807) is 26.4 Å². The molecule has 1 N–H and O–H groups in total. The van der Waals surface area contributed by atoms with Gasteiger partial charge in [-0.2, -0.15) is 0 Å². The van der Waals surface area contributed by atoms with Gasteiger partial charge in [0.05, 0.1) is 19.8 Å². The van der Waals surface area contributed by atoms with E-state index < -0.39 is 0 Å². The minimum atomic E-state index is -0.0253. The summed E-state index contributed by atoms with van der Waals surface area (Å²) in [6, 6.07) is 5.39. The van der Waals surface area contributed by atoms with Crippen LogP contribution in [0.15, 0.2) is 18.2 Å². The van der Waals surface area contributed by atoms with Crippen LogP contribution in [0.3, 0.4) is 0 Å². The number of amides is 1. The third kappa shape index (κ3) is 2.58. The molecule has 4 heteroatoms. The lowest BCUT2D eigenvalue weighted by atomic mass is 9.53. The fraction of sp³-hybridized carbons (Fsp3) is 0.632. The molecule has 0 radical (unpaired) electrons. The quantitative estimate of drug-likeness (QED) is 0.926. The van der Waals surface area contributed by atoms with Crippen LogP contribution < -0.4 is 14.8 Å². The van der Waals surface area contributed by atoms with Crippen molar-refractivity contribution in [3.05, 3.63) is 23.8 Å². The van der Waals surface area contributed by atoms with Gasteiger partial charge in [-0.1, -0.05) is 0 Å². The number of rotatable bonds is 4. The Morgan fingerprint density at radius 1 is 1.04 bits per heavy atom. The predicted octanol–water partition coefficient (Wildman–Crippen LogP) is 3.40. The fourth-order valence-corrected chi connectivity index (χ4v) is 5.56. The Bertz CT molecular complexity index is 590. The van der Waals surface area contributed by atoms with E-state index in [0.717, 1.165) is 37.0 Å². The van der Waals surface area contributed by atoms with Crippen molar-refractivity contribution in [2.75, 3.05) is 14.2 Å². The molecule has 23 heavy (non-hydrogen) atoms. The topological polar surface area (TPSA) is 47.6 Å². The van der Waals surface area contributed by atoms with Crippen LogP contribution in [0.25, 0.3) is 0 Å². The molecule has 0 spiro atoms. The van der Waals surface area contributed by atoms with Crippen LogP contribution in [0.4, 0.5) is 0 Å². The zero-order chi connectivity index (χ0) is 16.0. The summed E-state index contributed by atoms with van der Waals surface area (Å²) in [6.07, 6.45) is 7.57. The van der Waals surface area contributed by atoms with Crippen LogP contribution in [0.1, 0.15) is 48.9 Å². The van der Waals surface area contributed by atoms with Gasteiger partial charge in [-0.3, -0.25) is 4.79 Å². The number of nitrogens with one attached hydrogen (secondary N) is 1. The van der Waals surface area contributed by atoms with Crippen molar-refractivity contribution < 1.29 is 14.3 Å². The van der Waals surface area contributed by atoms with Crippen LogP contribution >= 0.6 is 0 Å². The molecular weight excluding hydrogens is 290 g/mol. The van der Waals surface area contributed by atoms with Crippen molar-refractivity contribution in [1.82, 2.24) is 5.32 Å². The lowest BCUT2D eigenvalue weighted by Gasteiger charge is -2.56. The zero-order valence-electron chi connectivity index (χ0n) is 13.9. The van der Waals surface area contributed by atoms with Gasteiger partial charge in [0.25, 0.3) is 5.91 Å². The number of benzene rings is 1. The second kappa shape index (κ2) is 5.43. The van der Waals surface area contributed by atoms with Gasteiger partial charge in [0.15, 0.2) is 0 Å². The van der Waals surface area contributed by atoms with Crippen LogP contribution in [-0.4, -0.2) is 25.7 Å². The van der Waals surface area contributed by atoms with E-state index in [4.69, 9.17) is 9.47 Å². The normalized spacial score (nSPS) is 34.3. The van der Waals surface area contributed by atoms with E-state index >= 15 is 0 Å². The molecule has 4 bridgehead atoms. The SMILES string of the molecule is COc1ccc(OC)c(C(=O)NC23CC4CC(CC(C4)C2)C3)c1. The second-order valence-corrected chi connectivity index (χ2v) is 7.72. The Morgan fingerprint density at radius 2 is 1.65 bits per heavy atom. The van der Waals surface area contributed by atoms with E-state index in [-0.39, 0.29) is 11.4 Å². The first-order valence-corrected chi connectivity index (χ1v) is 8.65. The summed E-state index contributed by atoms with van der Waals surface area (Å²) in [5, 5.41) is 3.39. The van der Waals surface area contributed by atoms with E-state index in [2.05, 4.69) is 5.32 Å². The van der Waals surface area contributed by atoms with E-state index in [1.165, 1.54) is 19.3 Å². The summed E-state index contributed by atoms with van der Waals surface area (Å²) in [4.78, 5) is 12.9. The minimum Gasteiger partial charge on any atom is -0.497 e. The van der Waals surface area contributed by atoms with E-state index in [1.807, 2.05) is 6.07 Å². The highest BCUT2D eigenvalue weighted by atomic mass is 16.5. The van der Waals surface area contributed by atoms with Crippen LogP contribution in [-0.2, 0) is 0 Å². The number of ether oxygens (including phenoxy) is 2. The van der Waals surface area contributed by atoms with Gasteiger partial charge in [-0.25, -0.2) is 0 Å². The maximum absolute atomic E-state index is 12.9. The third-order valence-corrected chi connectivity index (χ3v) is 6.07. The molecule has 124 valence electrons. The first-order chi connectivity index (χ1) is 11.1. The number of hydrogen-bond acceptors (Lipinski definition) is 3. The molecule has 0 aliphatic heterocycles. The third-order valence-electron chi connectivity index (χ3n) is 6.07. The number of hydrogen-bond donors (Lipinski definition) is 1. The first kappa shape index (κ1) is 14.9. The molecule has 1 aromatic carbocycles. The lowest BCUT2D eigenvalue weighted by molar-refractivity contribution is -0.0167. The molecule has 5 rings (SSSR count). The van der Waals surface area contributed by atoms with Crippen LogP contribution in [0, 0.1) is 17.8 Å². The van der Waals surface area contributed by atoms with Crippen molar-refractivity contribution in [2.24, 2.45) is 17.8 Å². The Hall–Kier alpha value is -1.71. The molecule has 4 saturated carbocycles. The maximum atomic E-state index is 12.9. The van der Waals surface area contributed by atoms with E-state index in [0.29, 0.717) is 17.1 Å². The maximum Gasteiger partial charge on any atom is 0.255 e. The average molecular weight is 315 g/mol. The van der Waals surface area contributed by atoms with Gasteiger partial charge in [0, 0.05) is 5.54 Å². The highest BCUT2D eigenvalue weighted by Crippen LogP contribution is 2.55. The van der Waals surface area contributed by atoms with Gasteiger partial charge in [-0.05, 0) is 74.5 Å². The number of carbonyl (C=O) groups excluding carboxylic acids is 1. The molecule has 4 fully saturated rings. The monoisotopic (exact) mass is 315 g/mol. The molecule has 0 atom stereocenters. The molecule has 0 aromatic heterocycles. The number of carbonyl (C=O) groups is 1. The van der Waals surface area contributed by atoms with Gasteiger partial charge in [0.1, 0.15) is 11.5 Å². The smallest absolute Gasteiger partial charge is 0.255 e. The molecular formula is C19H25NO3. The summed E-state index contributed by atoms with van der Waals surface area (Å²) in [5.41, 5.74) is 0.586. The fourth-order valence-electron chi connectivity index (χ4n) is 5.56. The van der Waals surface area contributed by atoms with Crippen molar-refractivity contribution in [1.29, 1.82) is 0 Å². The molecule has 0 saturated heterocycles. The highest BCUT2D eigenvalue weighted by Gasteiger charge is 2.51. The van der Waals surface area contributed by atoms with Gasteiger partial charge in [0.2, 0.25) is 0 Å². The van der Waals surface area contributed by atoms with Crippen molar-refractivity contribution in [3.63, 3.8) is 0 Å². The standard InChI is InChI=1S/C19H25NO3/c1-22-15-3-4-17(23-2)16(8-15)18(21)20-19-9-12-5-13(10-19)7-14(6-12)11-19/h3-4,8,12-14H,5-7,9-11H2,1-2H3,(H,20,21). The van der Waals surface area contributed by atoms with Crippen molar-refractivity contribution >= 4 is 5.91 Å². The summed E-state index contributed by atoms with van der Waals surface area (Å²) in [7, 11) is 3.21. The second-order valence-electron chi connectivity index (χ2n) is 7.72.